The molecule has 0 aliphatic heterocycles. The molecule has 0 N–H and O–H groups in total. The maximum absolute atomic E-state index is 4.25. The molecule has 6 aromatic rings. The molecule has 5 atom stereocenters. The van der Waals surface area contributed by atoms with E-state index in [-0.39, 0.29) is 38.4 Å². The van der Waals surface area contributed by atoms with Crippen LogP contribution in [0.3, 0.4) is 0 Å². The molecule has 138 heavy (non-hydrogen) atoms. The van der Waals surface area contributed by atoms with Crippen molar-refractivity contribution in [3.05, 3.63) is 219 Å². The molecule has 0 nitrogen and oxygen atoms in total. The normalized spacial score (nSPS) is 13.6. The Hall–Kier alpha value is -4.94. The Balaban J connectivity index is 1.44. The fourth-order valence-corrected chi connectivity index (χ4v) is 24.2. The lowest BCUT2D eigenvalue weighted by Gasteiger charge is -2.38. The van der Waals surface area contributed by atoms with Crippen LogP contribution < -0.4 is 0 Å². The van der Waals surface area contributed by atoms with Gasteiger partial charge in [-0.25, -0.2) is 0 Å². The van der Waals surface area contributed by atoms with E-state index in [0.717, 1.165) is 19.3 Å². The van der Waals surface area contributed by atoms with Crippen LogP contribution in [-0.2, 0) is 32.5 Å². The van der Waals surface area contributed by atoms with Crippen molar-refractivity contribution in [2.75, 3.05) is 0 Å². The Morgan fingerprint density at radius 2 is 0.406 bits per heavy atom. The average Bonchev–Trinajstić information content (AvgIpc) is 0.773. The van der Waals surface area contributed by atoms with Crippen LogP contribution in [0.1, 0.15) is 677 Å². The molecule has 0 radical (unpaired) electrons. The largest absolute Gasteiger partial charge is 0.0985 e. The first-order valence-corrected chi connectivity index (χ1v) is 61.1. The summed E-state index contributed by atoms with van der Waals surface area (Å²) in [5.74, 6) is 1.94. The highest BCUT2D eigenvalue weighted by atomic mass is 14.4. The van der Waals surface area contributed by atoms with Gasteiger partial charge in [-0.3, -0.25) is 0 Å². The quantitative estimate of drug-likeness (QED) is 0.0334. The van der Waals surface area contributed by atoms with E-state index in [0.29, 0.717) is 23.7 Å². The highest BCUT2D eigenvalue weighted by Gasteiger charge is 2.38. The third-order valence-electron chi connectivity index (χ3n) is 34.6. The number of rotatable bonds is 88. The summed E-state index contributed by atoms with van der Waals surface area (Å²) in [5.41, 5.74) is 18.1. The minimum atomic E-state index is -0.118. The highest BCUT2D eigenvalue weighted by molar-refractivity contribution is 5.48. The molecule has 0 aliphatic carbocycles. The molecule has 0 amide bonds. The van der Waals surface area contributed by atoms with Crippen LogP contribution in [-0.4, -0.2) is 0 Å². The van der Waals surface area contributed by atoms with Gasteiger partial charge in [-0.15, -0.1) is 0 Å². The Labute approximate surface area is 861 Å². The van der Waals surface area contributed by atoms with E-state index in [4.69, 9.17) is 0 Å². The van der Waals surface area contributed by atoms with E-state index in [1.54, 1.807) is 11.1 Å². The van der Waals surface area contributed by atoms with E-state index in [1.807, 2.05) is 6.08 Å². The van der Waals surface area contributed by atoms with E-state index >= 15 is 0 Å². The molecule has 0 saturated heterocycles. The second kappa shape index (κ2) is 71.5. The van der Waals surface area contributed by atoms with Gasteiger partial charge in [-0.1, -0.05) is 675 Å². The zero-order valence-corrected chi connectivity index (χ0v) is 95.2. The molecule has 6 aromatic carbocycles. The lowest BCUT2D eigenvalue weighted by atomic mass is 9.66. The summed E-state index contributed by atoms with van der Waals surface area (Å²) in [6.07, 6.45) is 98.4. The van der Waals surface area contributed by atoms with Gasteiger partial charge in [-0.05, 0) is 193 Å². The number of unbranched alkanes of at least 4 members (excludes halogenated alkanes) is 55. The van der Waals surface area contributed by atoms with E-state index < -0.39 is 0 Å². The van der Waals surface area contributed by atoms with Crippen molar-refractivity contribution in [2.24, 2.45) is 0 Å². The van der Waals surface area contributed by atoms with Crippen molar-refractivity contribution in [1.29, 1.82) is 0 Å². The van der Waals surface area contributed by atoms with Crippen molar-refractivity contribution in [1.82, 2.24) is 0 Å². The molecule has 0 aliphatic rings. The van der Waals surface area contributed by atoms with Gasteiger partial charge in [-0.2, -0.15) is 0 Å². The molecule has 0 spiro atoms. The minimum absolute atomic E-state index is 0.0334. The predicted molar refractivity (Wildman–Crippen MR) is 622 cm³/mol. The van der Waals surface area contributed by atoms with E-state index in [1.165, 1.54) is 492 Å². The van der Waals surface area contributed by atoms with Crippen molar-refractivity contribution in [2.45, 2.75) is 643 Å². The molecule has 6 rings (SSSR count). The van der Waals surface area contributed by atoms with Gasteiger partial charge in [0.25, 0.3) is 0 Å². The molecule has 0 heterocycles. The molecular weight excluding hydrogens is 1660 g/mol. The maximum Gasteiger partial charge on any atom is -0.00349 e. The lowest BCUT2D eigenvalue weighted by molar-refractivity contribution is 0.358. The standard InChI is InChI=1S/C138H228/c1-20-27-33-39-45-51-57-60-66-72-78-84-132(122-95-106-126(107-96-122)135(12,13)113-81-75-69-63-56-50-44-38-32-25-6)138(18,19)129-108-93-120(94-109-129)130(110-97-117(82-76-70-64-58-52-46-40-34-28-21-2)118-87-100-124(101-88-118)133(8,9)111-79-73-67-61-54-48-42-36-30-23-4)131(115-137(16,17)127-98-85-116(26-7)86-99-127)121-91-104-128(105-92-121)136(14,15)114-123(83-77-71-65-59-53-47-41-35-29-22-3)119-89-102-125(103-90-119)134(10,11)112-80-74-68-62-55-49-43-37-31-24-5/h26,85-96,98-109,117,123,130-132H,7,20-25,27-84,97,110-115H2,1-6,8-19H3. The van der Waals surface area contributed by atoms with Gasteiger partial charge in [0.2, 0.25) is 0 Å². The molecular formula is C138H228. The summed E-state index contributed by atoms with van der Waals surface area (Å²) >= 11 is 0. The summed E-state index contributed by atoms with van der Waals surface area (Å²) in [6, 6.07) is 62.0. The van der Waals surface area contributed by atoms with Crippen LogP contribution in [0.15, 0.2) is 152 Å². The fraction of sp³-hybridized carbons (Fsp3) is 0.725. The van der Waals surface area contributed by atoms with Crippen LogP contribution in [0.4, 0.5) is 0 Å². The van der Waals surface area contributed by atoms with Gasteiger partial charge >= 0.3 is 0 Å². The summed E-state index contributed by atoms with van der Waals surface area (Å²) in [5, 5.41) is 0. The van der Waals surface area contributed by atoms with Crippen molar-refractivity contribution < 1.29 is 0 Å². The second-order valence-electron chi connectivity index (χ2n) is 49.3. The Morgan fingerprint density at radius 3 is 0.703 bits per heavy atom. The first-order valence-electron chi connectivity index (χ1n) is 61.1. The Morgan fingerprint density at radius 1 is 0.188 bits per heavy atom. The van der Waals surface area contributed by atoms with Gasteiger partial charge < -0.3 is 0 Å². The first kappa shape index (κ1) is 122. The minimum Gasteiger partial charge on any atom is -0.0985 e. The van der Waals surface area contributed by atoms with Crippen LogP contribution in [0.5, 0.6) is 0 Å². The number of hydrogen-bond acceptors (Lipinski definition) is 0. The molecule has 0 saturated carbocycles. The van der Waals surface area contributed by atoms with Gasteiger partial charge in [0.05, 0.1) is 0 Å². The van der Waals surface area contributed by atoms with Crippen molar-refractivity contribution in [3.63, 3.8) is 0 Å². The average molecular weight is 1890 g/mol. The molecule has 0 fully saturated rings. The monoisotopic (exact) mass is 1890 g/mol. The first-order chi connectivity index (χ1) is 66.8. The van der Waals surface area contributed by atoms with E-state index in [2.05, 4.69) is 277 Å². The fourth-order valence-electron chi connectivity index (χ4n) is 24.2. The number of benzene rings is 6. The maximum atomic E-state index is 4.25. The second-order valence-corrected chi connectivity index (χ2v) is 49.3. The Kier molecular flexibility index (Phi) is 63.1. The topological polar surface area (TPSA) is 0 Å². The SMILES string of the molecule is C=Cc1ccc(C(C)(C)CC(c2ccc(C(C)(C)CC(CCCCCCCCCCCC)c3ccc(C(C)(C)CCCCCCCCCCCC)cc3)cc2)C(CCC(CCCCCCCCCCCC)c2ccc(C(C)(C)CCCCCCCCCCCC)cc2)c2ccc(C(C)(C)C(CCCCCCCCCCCCC)c3ccc(C(C)(C)CCCCCCCCCCCC)cc3)cc2)cc1. The zero-order chi connectivity index (χ0) is 99.7. The van der Waals surface area contributed by atoms with Gasteiger partial charge in [0, 0.05) is 0 Å². The summed E-state index contributed by atoms with van der Waals surface area (Å²) < 4.78 is 0. The van der Waals surface area contributed by atoms with Crippen molar-refractivity contribution in [3.8, 4) is 0 Å². The summed E-state index contributed by atoms with van der Waals surface area (Å²) in [7, 11) is 0. The van der Waals surface area contributed by atoms with Crippen LogP contribution in [0.25, 0.3) is 6.08 Å². The number of hydrogen-bond donors (Lipinski definition) is 0. The Bertz CT molecular complexity index is 3860. The van der Waals surface area contributed by atoms with Crippen LogP contribution >= 0.6 is 0 Å². The van der Waals surface area contributed by atoms with Gasteiger partial charge in [0.1, 0.15) is 0 Å². The molecule has 0 heteroatoms. The molecule has 0 bridgehead atoms. The van der Waals surface area contributed by atoms with Crippen molar-refractivity contribution >= 4 is 6.08 Å². The molecule has 0 aromatic heterocycles. The van der Waals surface area contributed by atoms with Crippen LogP contribution in [0, 0.1) is 0 Å². The van der Waals surface area contributed by atoms with E-state index in [9.17, 15) is 0 Å². The molecule has 780 valence electrons. The molecule has 5 unspecified atom stereocenters. The zero-order valence-electron chi connectivity index (χ0n) is 95.2. The third-order valence-corrected chi connectivity index (χ3v) is 34.6. The summed E-state index contributed by atoms with van der Waals surface area (Å²) in [4.78, 5) is 0. The summed E-state index contributed by atoms with van der Waals surface area (Å²) in [6.45, 7) is 49.2. The predicted octanol–water partition coefficient (Wildman–Crippen LogP) is 46.7. The lowest BCUT2D eigenvalue weighted by Crippen LogP contribution is -2.28. The third kappa shape index (κ3) is 48.4. The highest BCUT2D eigenvalue weighted by Crippen LogP contribution is 2.51. The van der Waals surface area contributed by atoms with Gasteiger partial charge in [0.15, 0.2) is 0 Å². The smallest absolute Gasteiger partial charge is 0.00349 e. The van der Waals surface area contributed by atoms with Crippen LogP contribution in [0.2, 0.25) is 0 Å².